The van der Waals surface area contributed by atoms with Crippen LogP contribution < -0.4 is 0 Å². The zero-order valence-electron chi connectivity index (χ0n) is 9.97. The molecule has 0 aliphatic heterocycles. The maximum atomic E-state index is 11.7. The van der Waals surface area contributed by atoms with Gasteiger partial charge in [0.05, 0.1) is 0 Å². The molecule has 1 aliphatic carbocycles. The minimum atomic E-state index is -0.00676. The van der Waals surface area contributed by atoms with Crippen LogP contribution in [0.5, 0.6) is 0 Å². The zero-order chi connectivity index (χ0) is 10.8. The summed E-state index contributed by atoms with van der Waals surface area (Å²) in [5.41, 5.74) is -0.00676. The first-order valence-electron chi connectivity index (χ1n) is 5.69. The van der Waals surface area contributed by atoms with Crippen molar-refractivity contribution in [3.63, 3.8) is 0 Å². The van der Waals surface area contributed by atoms with Crippen molar-refractivity contribution < 1.29 is 4.79 Å². The average molecular weight is 197 g/mol. The lowest BCUT2D eigenvalue weighted by Crippen LogP contribution is -2.42. The average Bonchev–Trinajstić information content (AvgIpc) is 2.17. The van der Waals surface area contributed by atoms with E-state index in [-0.39, 0.29) is 5.41 Å². The van der Waals surface area contributed by atoms with Crippen LogP contribution in [0.25, 0.3) is 0 Å². The Morgan fingerprint density at radius 1 is 1.50 bits per heavy atom. The van der Waals surface area contributed by atoms with Crippen LogP contribution in [-0.4, -0.2) is 30.8 Å². The summed E-state index contributed by atoms with van der Waals surface area (Å²) in [5, 5.41) is 0. The summed E-state index contributed by atoms with van der Waals surface area (Å²) in [4.78, 5) is 14.0. The van der Waals surface area contributed by atoms with Gasteiger partial charge in [0.15, 0.2) is 0 Å². The Bertz CT molecular complexity index is 212. The van der Waals surface area contributed by atoms with Gasteiger partial charge in [0, 0.05) is 11.5 Å². The van der Waals surface area contributed by atoms with Gasteiger partial charge in [-0.05, 0) is 46.7 Å². The minimum Gasteiger partial charge on any atom is -0.306 e. The lowest BCUT2D eigenvalue weighted by molar-refractivity contribution is -0.129. The molecule has 0 aromatic heterocycles. The molecule has 1 saturated carbocycles. The lowest BCUT2D eigenvalue weighted by Gasteiger charge is -2.41. The van der Waals surface area contributed by atoms with E-state index in [1.54, 1.807) is 6.92 Å². The van der Waals surface area contributed by atoms with Crippen molar-refractivity contribution in [3.8, 4) is 0 Å². The molecule has 0 radical (unpaired) electrons. The Hall–Kier alpha value is -0.370. The zero-order valence-corrected chi connectivity index (χ0v) is 9.97. The highest BCUT2D eigenvalue weighted by Gasteiger charge is 2.39. The molecule has 0 amide bonds. The van der Waals surface area contributed by atoms with Gasteiger partial charge >= 0.3 is 0 Å². The highest BCUT2D eigenvalue weighted by Crippen LogP contribution is 2.41. The number of rotatable bonds is 3. The van der Waals surface area contributed by atoms with E-state index in [0.717, 1.165) is 19.3 Å². The van der Waals surface area contributed by atoms with E-state index in [1.165, 1.54) is 12.8 Å². The van der Waals surface area contributed by atoms with Crippen molar-refractivity contribution in [2.24, 2.45) is 5.41 Å². The summed E-state index contributed by atoms with van der Waals surface area (Å²) in [6.07, 6.45) is 5.62. The van der Waals surface area contributed by atoms with Crippen LogP contribution in [0.4, 0.5) is 0 Å². The highest BCUT2D eigenvalue weighted by atomic mass is 16.1. The normalized spacial score (nSPS) is 33.4. The summed E-state index contributed by atoms with van der Waals surface area (Å²) < 4.78 is 0. The number of Topliss-reactive ketones (excluding diaryl/α,β-unsaturated/α-hetero) is 1. The number of nitrogens with zero attached hydrogens (tertiary/aromatic N) is 1. The predicted molar refractivity (Wildman–Crippen MR) is 59.3 cm³/mol. The van der Waals surface area contributed by atoms with Gasteiger partial charge in [0.25, 0.3) is 0 Å². The van der Waals surface area contributed by atoms with E-state index in [2.05, 4.69) is 25.9 Å². The maximum absolute atomic E-state index is 11.7. The molecule has 0 N–H and O–H groups in total. The first kappa shape index (κ1) is 11.7. The molecule has 2 unspecified atom stereocenters. The lowest BCUT2D eigenvalue weighted by atomic mass is 9.68. The molecule has 1 fully saturated rings. The second-order valence-electron chi connectivity index (χ2n) is 4.90. The Balaban J connectivity index is 2.74. The number of ketones is 1. The van der Waals surface area contributed by atoms with Crippen LogP contribution in [0.2, 0.25) is 0 Å². The highest BCUT2D eigenvalue weighted by molar-refractivity contribution is 5.82. The fourth-order valence-electron chi connectivity index (χ4n) is 2.66. The molecular formula is C12H23NO. The number of hydrogen-bond acceptors (Lipinski definition) is 2. The van der Waals surface area contributed by atoms with Gasteiger partial charge in [-0.15, -0.1) is 0 Å². The van der Waals surface area contributed by atoms with E-state index >= 15 is 0 Å². The topological polar surface area (TPSA) is 20.3 Å². The first-order valence-corrected chi connectivity index (χ1v) is 5.69. The van der Waals surface area contributed by atoms with E-state index in [0.29, 0.717) is 11.8 Å². The predicted octanol–water partition coefficient (Wildman–Crippen LogP) is 2.48. The Kier molecular flexibility index (Phi) is 3.71. The van der Waals surface area contributed by atoms with Gasteiger partial charge in [-0.2, -0.15) is 0 Å². The summed E-state index contributed by atoms with van der Waals surface area (Å²) in [7, 11) is 4.24. The molecule has 0 bridgehead atoms. The standard InChI is InChI=1S/C12H23NO/c1-5-12(10(2)14)8-6-7-11(9-12)13(3)4/h11H,5-9H2,1-4H3. The number of hydrogen-bond donors (Lipinski definition) is 0. The Labute approximate surface area is 87.7 Å². The molecule has 0 aromatic carbocycles. The third kappa shape index (κ3) is 2.17. The fraction of sp³-hybridized carbons (Fsp3) is 0.917. The molecule has 14 heavy (non-hydrogen) atoms. The third-order valence-electron chi connectivity index (χ3n) is 3.97. The van der Waals surface area contributed by atoms with Crippen LogP contribution in [0.3, 0.4) is 0 Å². The van der Waals surface area contributed by atoms with Crippen LogP contribution >= 0.6 is 0 Å². The summed E-state index contributed by atoms with van der Waals surface area (Å²) in [5.74, 6) is 0.395. The molecule has 0 saturated heterocycles. The molecule has 2 nitrogen and oxygen atoms in total. The monoisotopic (exact) mass is 197 g/mol. The van der Waals surface area contributed by atoms with Gasteiger partial charge in [-0.25, -0.2) is 0 Å². The number of carbonyl (C=O) groups is 1. The molecule has 0 aromatic rings. The minimum absolute atomic E-state index is 0.00676. The maximum Gasteiger partial charge on any atom is 0.136 e. The van der Waals surface area contributed by atoms with Crippen LogP contribution in [0.1, 0.15) is 46.0 Å². The van der Waals surface area contributed by atoms with Gasteiger partial charge < -0.3 is 4.90 Å². The first-order chi connectivity index (χ1) is 6.52. The van der Waals surface area contributed by atoms with Gasteiger partial charge in [0.2, 0.25) is 0 Å². The van der Waals surface area contributed by atoms with E-state index in [4.69, 9.17) is 0 Å². The molecule has 0 heterocycles. The van der Waals surface area contributed by atoms with Gasteiger partial charge in [-0.1, -0.05) is 13.3 Å². The SMILES string of the molecule is CCC1(C(C)=O)CCCC(N(C)C)C1. The smallest absolute Gasteiger partial charge is 0.136 e. The van der Waals surface area contributed by atoms with E-state index in [9.17, 15) is 4.79 Å². The summed E-state index contributed by atoms with van der Waals surface area (Å²) in [6, 6.07) is 0.604. The molecule has 1 rings (SSSR count). The largest absolute Gasteiger partial charge is 0.306 e. The van der Waals surface area contributed by atoms with Crippen molar-refractivity contribution in [1.29, 1.82) is 0 Å². The fourth-order valence-corrected chi connectivity index (χ4v) is 2.66. The Morgan fingerprint density at radius 3 is 2.57 bits per heavy atom. The third-order valence-corrected chi connectivity index (χ3v) is 3.97. The van der Waals surface area contributed by atoms with Crippen molar-refractivity contribution in [2.75, 3.05) is 14.1 Å². The molecule has 2 heteroatoms. The van der Waals surface area contributed by atoms with E-state index in [1.807, 2.05) is 0 Å². The van der Waals surface area contributed by atoms with E-state index < -0.39 is 0 Å². The molecular weight excluding hydrogens is 174 g/mol. The second kappa shape index (κ2) is 4.43. The second-order valence-corrected chi connectivity index (χ2v) is 4.90. The van der Waals surface area contributed by atoms with Crippen LogP contribution in [-0.2, 0) is 4.79 Å². The quantitative estimate of drug-likeness (QED) is 0.692. The van der Waals surface area contributed by atoms with Crippen LogP contribution in [0.15, 0.2) is 0 Å². The van der Waals surface area contributed by atoms with Gasteiger partial charge in [-0.3, -0.25) is 4.79 Å². The van der Waals surface area contributed by atoms with Crippen molar-refractivity contribution in [1.82, 2.24) is 4.90 Å². The van der Waals surface area contributed by atoms with Crippen LogP contribution in [0, 0.1) is 5.41 Å². The number of carbonyl (C=O) groups excluding carboxylic acids is 1. The van der Waals surface area contributed by atoms with Crippen molar-refractivity contribution >= 4 is 5.78 Å². The molecule has 82 valence electrons. The Morgan fingerprint density at radius 2 is 2.14 bits per heavy atom. The van der Waals surface area contributed by atoms with Gasteiger partial charge in [0.1, 0.15) is 5.78 Å². The summed E-state index contributed by atoms with van der Waals surface area (Å²) >= 11 is 0. The molecule has 0 spiro atoms. The molecule has 1 aliphatic rings. The van der Waals surface area contributed by atoms with Crippen molar-refractivity contribution in [3.05, 3.63) is 0 Å². The van der Waals surface area contributed by atoms with Crippen molar-refractivity contribution in [2.45, 2.75) is 52.0 Å². The summed E-state index contributed by atoms with van der Waals surface area (Å²) in [6.45, 7) is 3.92. The molecule has 2 atom stereocenters.